The van der Waals surface area contributed by atoms with Crippen LogP contribution in [-0.2, 0) is 7.05 Å². The topological polar surface area (TPSA) is 85.8 Å². The number of carbonyl (C=O) groups is 1. The van der Waals surface area contributed by atoms with Gasteiger partial charge in [-0.25, -0.2) is 4.98 Å². The van der Waals surface area contributed by atoms with Crippen LogP contribution in [0.15, 0.2) is 16.8 Å². The average molecular weight is 414 g/mol. The zero-order chi connectivity index (χ0) is 20.5. The highest BCUT2D eigenvalue weighted by molar-refractivity contribution is 7.13. The highest BCUT2D eigenvalue weighted by atomic mass is 32.1. The summed E-state index contributed by atoms with van der Waals surface area (Å²) in [6.07, 6.45) is 6.31. The minimum Gasteiger partial charge on any atom is -0.356 e. The highest BCUT2D eigenvalue weighted by Gasteiger charge is 2.28. The second-order valence-corrected chi connectivity index (χ2v) is 9.21. The maximum Gasteiger partial charge on any atom is 0.263 e. The van der Waals surface area contributed by atoms with Crippen molar-refractivity contribution in [3.05, 3.63) is 39.2 Å². The molecule has 0 aromatic carbocycles. The molecule has 7 nitrogen and oxygen atoms in total. The SMILES string of the molecule is Cc1cc(-c2cn(C)nc2C2CCC(CNC(=O)c3sc(C)nc3C)CC2)on1. The predicted octanol–water partition coefficient (Wildman–Crippen LogP) is 4.16. The van der Waals surface area contributed by atoms with Gasteiger partial charge in [-0.3, -0.25) is 9.48 Å². The first-order chi connectivity index (χ1) is 13.9. The summed E-state index contributed by atoms with van der Waals surface area (Å²) in [7, 11) is 1.94. The zero-order valence-corrected chi connectivity index (χ0v) is 18.2. The van der Waals surface area contributed by atoms with Crippen LogP contribution >= 0.6 is 11.3 Å². The molecule has 29 heavy (non-hydrogen) atoms. The van der Waals surface area contributed by atoms with Crippen molar-refractivity contribution < 1.29 is 9.32 Å². The van der Waals surface area contributed by atoms with E-state index in [4.69, 9.17) is 9.62 Å². The van der Waals surface area contributed by atoms with Gasteiger partial charge in [0.1, 0.15) is 4.88 Å². The van der Waals surface area contributed by atoms with Crippen LogP contribution in [0.5, 0.6) is 0 Å². The molecule has 1 aliphatic rings. The average Bonchev–Trinajstić information content (AvgIpc) is 3.38. The molecule has 0 radical (unpaired) electrons. The number of thiazole rings is 1. The van der Waals surface area contributed by atoms with Crippen LogP contribution in [0.2, 0.25) is 0 Å². The van der Waals surface area contributed by atoms with Crippen molar-refractivity contribution in [2.75, 3.05) is 6.54 Å². The minimum atomic E-state index is 0.00271. The number of aromatic nitrogens is 4. The number of aryl methyl sites for hydroxylation is 4. The molecule has 0 unspecified atom stereocenters. The lowest BCUT2D eigenvalue weighted by atomic mass is 9.79. The van der Waals surface area contributed by atoms with Crippen LogP contribution in [0, 0.1) is 26.7 Å². The molecule has 1 fully saturated rings. The summed E-state index contributed by atoms with van der Waals surface area (Å²) in [6.45, 7) is 6.47. The lowest BCUT2D eigenvalue weighted by molar-refractivity contribution is 0.0946. The van der Waals surface area contributed by atoms with E-state index in [1.54, 1.807) is 0 Å². The smallest absolute Gasteiger partial charge is 0.263 e. The number of nitrogens with zero attached hydrogens (tertiary/aromatic N) is 4. The van der Waals surface area contributed by atoms with Gasteiger partial charge in [0.15, 0.2) is 5.76 Å². The van der Waals surface area contributed by atoms with E-state index in [0.29, 0.717) is 11.8 Å². The van der Waals surface area contributed by atoms with Crippen LogP contribution in [0.1, 0.15) is 63.4 Å². The number of carbonyl (C=O) groups excluding carboxylic acids is 1. The molecule has 1 amide bonds. The van der Waals surface area contributed by atoms with Gasteiger partial charge in [-0.05, 0) is 52.4 Å². The maximum absolute atomic E-state index is 12.4. The summed E-state index contributed by atoms with van der Waals surface area (Å²) in [5, 5.41) is 12.8. The number of hydrogen-bond donors (Lipinski definition) is 1. The Morgan fingerprint density at radius 3 is 2.66 bits per heavy atom. The largest absolute Gasteiger partial charge is 0.356 e. The molecule has 1 N–H and O–H groups in total. The van der Waals surface area contributed by atoms with E-state index >= 15 is 0 Å². The summed E-state index contributed by atoms with van der Waals surface area (Å²) in [5.74, 6) is 1.71. The quantitative estimate of drug-likeness (QED) is 0.679. The van der Waals surface area contributed by atoms with E-state index in [-0.39, 0.29) is 5.91 Å². The van der Waals surface area contributed by atoms with Gasteiger partial charge in [0.2, 0.25) is 0 Å². The van der Waals surface area contributed by atoms with E-state index in [2.05, 4.69) is 15.5 Å². The Morgan fingerprint density at radius 1 is 1.28 bits per heavy atom. The van der Waals surface area contributed by atoms with Crippen molar-refractivity contribution >= 4 is 17.2 Å². The van der Waals surface area contributed by atoms with Crippen LogP contribution in [0.25, 0.3) is 11.3 Å². The van der Waals surface area contributed by atoms with E-state index in [0.717, 1.165) is 70.5 Å². The first kappa shape index (κ1) is 19.8. The normalized spacial score (nSPS) is 19.4. The summed E-state index contributed by atoms with van der Waals surface area (Å²) < 4.78 is 7.33. The third-order valence-corrected chi connectivity index (χ3v) is 6.72. The molecule has 1 saturated carbocycles. The Morgan fingerprint density at radius 2 is 2.03 bits per heavy atom. The Balaban J connectivity index is 1.35. The molecule has 0 bridgehead atoms. The Kier molecular flexibility index (Phi) is 5.54. The third-order valence-electron chi connectivity index (χ3n) is 5.65. The van der Waals surface area contributed by atoms with E-state index in [1.165, 1.54) is 11.3 Å². The Bertz CT molecular complexity index is 1010. The van der Waals surface area contributed by atoms with Crippen molar-refractivity contribution in [3.8, 4) is 11.3 Å². The first-order valence-corrected chi connectivity index (χ1v) is 10.9. The lowest BCUT2D eigenvalue weighted by Gasteiger charge is -2.28. The second-order valence-electron chi connectivity index (χ2n) is 8.01. The maximum atomic E-state index is 12.4. The van der Waals surface area contributed by atoms with Crippen LogP contribution in [-0.4, -0.2) is 32.4 Å². The standard InChI is InChI=1S/C21H27N5O2S/c1-12-9-18(28-25-12)17-11-26(4)24-19(17)16-7-5-15(6-8-16)10-22-21(27)20-13(2)23-14(3)29-20/h9,11,15-16H,5-8,10H2,1-4H3,(H,22,27). The molecule has 3 aromatic heterocycles. The third kappa shape index (κ3) is 4.27. The fourth-order valence-electron chi connectivity index (χ4n) is 4.19. The van der Waals surface area contributed by atoms with Gasteiger partial charge in [0.05, 0.1) is 27.7 Å². The number of hydrogen-bond acceptors (Lipinski definition) is 6. The molecular formula is C21H27N5O2S. The monoisotopic (exact) mass is 413 g/mol. The van der Waals surface area contributed by atoms with Gasteiger partial charge in [-0.1, -0.05) is 5.16 Å². The molecule has 3 heterocycles. The van der Waals surface area contributed by atoms with E-state index in [9.17, 15) is 4.79 Å². The molecule has 0 spiro atoms. The van der Waals surface area contributed by atoms with Gasteiger partial charge in [0, 0.05) is 31.8 Å². The predicted molar refractivity (Wildman–Crippen MR) is 112 cm³/mol. The molecular weight excluding hydrogens is 386 g/mol. The number of amides is 1. The first-order valence-electron chi connectivity index (χ1n) is 10.1. The van der Waals surface area contributed by atoms with Crippen molar-refractivity contribution in [1.82, 2.24) is 25.2 Å². The van der Waals surface area contributed by atoms with Crippen molar-refractivity contribution in [3.63, 3.8) is 0 Å². The summed E-state index contributed by atoms with van der Waals surface area (Å²) in [4.78, 5) is 17.5. The Hall–Kier alpha value is -2.48. The summed E-state index contributed by atoms with van der Waals surface area (Å²) >= 11 is 1.46. The second kappa shape index (κ2) is 8.10. The number of nitrogens with one attached hydrogen (secondary N) is 1. The fourth-order valence-corrected chi connectivity index (χ4v) is 5.02. The van der Waals surface area contributed by atoms with Gasteiger partial charge in [-0.15, -0.1) is 11.3 Å². The van der Waals surface area contributed by atoms with Gasteiger partial charge >= 0.3 is 0 Å². The number of rotatable bonds is 5. The molecule has 0 atom stereocenters. The highest BCUT2D eigenvalue weighted by Crippen LogP contribution is 2.39. The van der Waals surface area contributed by atoms with Gasteiger partial charge in [0.25, 0.3) is 5.91 Å². The summed E-state index contributed by atoms with van der Waals surface area (Å²) in [5.41, 5.74) is 3.84. The van der Waals surface area contributed by atoms with Crippen molar-refractivity contribution in [2.45, 2.75) is 52.4 Å². The van der Waals surface area contributed by atoms with E-state index < -0.39 is 0 Å². The molecule has 0 saturated heterocycles. The van der Waals surface area contributed by atoms with Crippen LogP contribution in [0.3, 0.4) is 0 Å². The van der Waals surface area contributed by atoms with Crippen LogP contribution in [0.4, 0.5) is 0 Å². The van der Waals surface area contributed by atoms with Crippen molar-refractivity contribution in [1.29, 1.82) is 0 Å². The van der Waals surface area contributed by atoms with Crippen LogP contribution < -0.4 is 5.32 Å². The molecule has 0 aliphatic heterocycles. The summed E-state index contributed by atoms with van der Waals surface area (Å²) in [6, 6.07) is 1.96. The molecule has 4 rings (SSSR count). The van der Waals surface area contributed by atoms with Gasteiger partial charge < -0.3 is 9.84 Å². The van der Waals surface area contributed by atoms with E-state index in [1.807, 2.05) is 44.8 Å². The minimum absolute atomic E-state index is 0.00271. The van der Waals surface area contributed by atoms with Crippen molar-refractivity contribution in [2.24, 2.45) is 13.0 Å². The molecule has 8 heteroatoms. The molecule has 1 aliphatic carbocycles. The Labute approximate surface area is 174 Å². The zero-order valence-electron chi connectivity index (χ0n) is 17.4. The molecule has 154 valence electrons. The van der Waals surface area contributed by atoms with Gasteiger partial charge in [-0.2, -0.15) is 5.10 Å². The molecule has 3 aromatic rings. The fraction of sp³-hybridized carbons (Fsp3) is 0.524. The lowest BCUT2D eigenvalue weighted by Crippen LogP contribution is -2.31.